The normalized spacial score (nSPS) is 12.1. The van der Waals surface area contributed by atoms with Gasteiger partial charge in [-0.2, -0.15) is 0 Å². The molecule has 0 aliphatic heterocycles. The predicted molar refractivity (Wildman–Crippen MR) is 303 cm³/mol. The number of carbonyl (C=O) groups is 3. The molecule has 1 unspecified atom stereocenters. The van der Waals surface area contributed by atoms with Crippen molar-refractivity contribution in [2.24, 2.45) is 0 Å². The van der Waals surface area contributed by atoms with Crippen LogP contribution in [0, 0.1) is 0 Å². The lowest BCUT2D eigenvalue weighted by Gasteiger charge is -2.18. The second-order valence-corrected chi connectivity index (χ2v) is 21.3. The van der Waals surface area contributed by atoms with Gasteiger partial charge in [0.2, 0.25) is 0 Å². The molecule has 0 heterocycles. The molecule has 0 fully saturated rings. The Hall–Kier alpha value is -2.11. The first-order valence-corrected chi connectivity index (χ1v) is 31.3. The summed E-state index contributed by atoms with van der Waals surface area (Å²) in [7, 11) is 0. The first-order chi connectivity index (χ1) is 34.5. The number of hydrogen-bond donors (Lipinski definition) is 0. The van der Waals surface area contributed by atoms with Gasteiger partial charge in [0, 0.05) is 19.3 Å². The molecule has 412 valence electrons. The number of esters is 3. The number of allylic oxidation sites excluding steroid dienone is 4. The monoisotopic (exact) mass is 985 g/mol. The van der Waals surface area contributed by atoms with Crippen molar-refractivity contribution in [1.82, 2.24) is 0 Å². The van der Waals surface area contributed by atoms with Crippen LogP contribution in [0.25, 0.3) is 0 Å². The van der Waals surface area contributed by atoms with Crippen LogP contribution in [0.1, 0.15) is 348 Å². The molecule has 0 aromatic rings. The number of hydrogen-bond acceptors (Lipinski definition) is 6. The van der Waals surface area contributed by atoms with E-state index in [1.807, 2.05) is 0 Å². The van der Waals surface area contributed by atoms with Crippen LogP contribution in [0.4, 0.5) is 0 Å². The largest absolute Gasteiger partial charge is 0.462 e. The lowest BCUT2D eigenvalue weighted by atomic mass is 10.0. The number of rotatable bonds is 58. The van der Waals surface area contributed by atoms with Crippen molar-refractivity contribution in [2.45, 2.75) is 354 Å². The third-order valence-electron chi connectivity index (χ3n) is 14.2. The smallest absolute Gasteiger partial charge is 0.306 e. The second-order valence-electron chi connectivity index (χ2n) is 21.3. The van der Waals surface area contributed by atoms with Crippen molar-refractivity contribution in [3.63, 3.8) is 0 Å². The summed E-state index contributed by atoms with van der Waals surface area (Å²) in [6.07, 6.45) is 70.6. The van der Waals surface area contributed by atoms with Gasteiger partial charge in [0.05, 0.1) is 0 Å². The molecule has 1 atom stereocenters. The quantitative estimate of drug-likeness (QED) is 0.0261. The highest BCUT2D eigenvalue weighted by molar-refractivity contribution is 5.71. The minimum absolute atomic E-state index is 0.0665. The third-order valence-corrected chi connectivity index (χ3v) is 14.2. The van der Waals surface area contributed by atoms with Crippen LogP contribution < -0.4 is 0 Å². The molecule has 0 saturated heterocycles. The van der Waals surface area contributed by atoms with Gasteiger partial charge in [-0.05, 0) is 51.4 Å². The first kappa shape index (κ1) is 67.9. The lowest BCUT2D eigenvalue weighted by Crippen LogP contribution is -2.30. The number of unbranched alkanes of at least 4 members (excludes halogenated alkanes) is 43. The van der Waals surface area contributed by atoms with E-state index in [9.17, 15) is 14.4 Å². The van der Waals surface area contributed by atoms with E-state index in [0.717, 1.165) is 64.2 Å². The molecule has 70 heavy (non-hydrogen) atoms. The summed E-state index contributed by atoms with van der Waals surface area (Å²) in [5.74, 6) is -0.849. The van der Waals surface area contributed by atoms with Gasteiger partial charge in [0.15, 0.2) is 6.10 Å². The van der Waals surface area contributed by atoms with Gasteiger partial charge in [-0.3, -0.25) is 14.4 Å². The summed E-state index contributed by atoms with van der Waals surface area (Å²) in [5, 5.41) is 0. The van der Waals surface area contributed by atoms with Gasteiger partial charge in [-0.1, -0.05) is 302 Å². The van der Waals surface area contributed by atoms with Crippen LogP contribution in [-0.4, -0.2) is 37.2 Å². The average molecular weight is 986 g/mol. The first-order valence-electron chi connectivity index (χ1n) is 31.3. The highest BCUT2D eigenvalue weighted by Crippen LogP contribution is 2.18. The summed E-state index contributed by atoms with van der Waals surface area (Å²) in [6.45, 7) is 6.66. The van der Waals surface area contributed by atoms with Crippen LogP contribution >= 0.6 is 0 Å². The Morgan fingerprint density at radius 1 is 0.286 bits per heavy atom. The highest BCUT2D eigenvalue weighted by atomic mass is 16.6. The second kappa shape index (κ2) is 59.5. The third kappa shape index (κ3) is 56.8. The molecule has 0 N–H and O–H groups in total. The molecule has 0 saturated carbocycles. The molecule has 0 aromatic heterocycles. The van der Waals surface area contributed by atoms with E-state index in [1.165, 1.54) is 244 Å². The Bertz CT molecular complexity index is 1130. The molecule has 6 heteroatoms. The van der Waals surface area contributed by atoms with Crippen LogP contribution in [0.5, 0.6) is 0 Å². The fourth-order valence-corrected chi connectivity index (χ4v) is 9.48. The Morgan fingerprint density at radius 3 is 0.786 bits per heavy atom. The maximum Gasteiger partial charge on any atom is 0.306 e. The summed E-state index contributed by atoms with van der Waals surface area (Å²) in [4.78, 5) is 38.1. The zero-order valence-electron chi connectivity index (χ0n) is 47.3. The van der Waals surface area contributed by atoms with Gasteiger partial charge in [-0.15, -0.1) is 0 Å². The topological polar surface area (TPSA) is 78.9 Å². The van der Waals surface area contributed by atoms with E-state index < -0.39 is 6.10 Å². The van der Waals surface area contributed by atoms with Gasteiger partial charge in [0.25, 0.3) is 0 Å². The van der Waals surface area contributed by atoms with Crippen molar-refractivity contribution < 1.29 is 28.6 Å². The van der Waals surface area contributed by atoms with E-state index in [1.54, 1.807) is 0 Å². The SMILES string of the molecule is CCCCCCC/C=C\C/C=C\CCCCCCCCCCCCCC(=O)OCC(COC(=O)CCCCCCCCCC)OC(=O)CCCCCCCCCCCCCCCCCCCCCCC. The Morgan fingerprint density at radius 2 is 0.514 bits per heavy atom. The van der Waals surface area contributed by atoms with Crippen LogP contribution in [0.3, 0.4) is 0 Å². The zero-order valence-corrected chi connectivity index (χ0v) is 47.3. The molecule has 0 bridgehead atoms. The molecule has 0 aromatic carbocycles. The molecule has 0 spiro atoms. The zero-order chi connectivity index (χ0) is 50.7. The number of carbonyl (C=O) groups excluding carboxylic acids is 3. The minimum Gasteiger partial charge on any atom is -0.462 e. The maximum atomic E-state index is 12.9. The molecule has 0 aliphatic carbocycles. The van der Waals surface area contributed by atoms with E-state index in [0.29, 0.717) is 19.3 Å². The summed E-state index contributed by atoms with van der Waals surface area (Å²) >= 11 is 0. The van der Waals surface area contributed by atoms with Crippen LogP contribution in [0.15, 0.2) is 24.3 Å². The standard InChI is InChI=1S/C64H120O6/c1-4-7-10-13-16-19-21-23-25-27-29-31-32-34-35-37-39-41-43-45-48-51-54-57-63(66)69-60-61(59-68-62(65)56-53-50-47-18-15-12-9-6-3)70-64(67)58-55-52-49-46-44-42-40-38-36-33-30-28-26-24-22-20-17-14-11-8-5-2/h21,23,27,29,61H,4-20,22,24-26,28,30-60H2,1-3H3/b23-21-,29-27-. The molecule has 0 rings (SSSR count). The fourth-order valence-electron chi connectivity index (χ4n) is 9.48. The van der Waals surface area contributed by atoms with Gasteiger partial charge >= 0.3 is 17.9 Å². The lowest BCUT2D eigenvalue weighted by molar-refractivity contribution is -0.167. The molecule has 6 nitrogen and oxygen atoms in total. The predicted octanol–water partition coefficient (Wildman–Crippen LogP) is 21.1. The molecule has 0 aliphatic rings. The van der Waals surface area contributed by atoms with Crippen LogP contribution in [0.2, 0.25) is 0 Å². The Labute approximate surface area is 436 Å². The number of ether oxygens (including phenoxy) is 3. The van der Waals surface area contributed by atoms with E-state index >= 15 is 0 Å². The molecular weight excluding hydrogens is 865 g/mol. The molecule has 0 amide bonds. The average Bonchev–Trinajstić information content (AvgIpc) is 3.36. The fraction of sp³-hybridized carbons (Fsp3) is 0.891. The molecular formula is C64H120O6. The Kier molecular flexibility index (Phi) is 57.7. The van der Waals surface area contributed by atoms with Crippen LogP contribution in [-0.2, 0) is 28.6 Å². The van der Waals surface area contributed by atoms with Crippen molar-refractivity contribution in [3.05, 3.63) is 24.3 Å². The summed E-state index contributed by atoms with van der Waals surface area (Å²) in [6, 6.07) is 0. The van der Waals surface area contributed by atoms with Crippen molar-refractivity contribution in [3.8, 4) is 0 Å². The van der Waals surface area contributed by atoms with Crippen molar-refractivity contribution >= 4 is 17.9 Å². The molecule has 0 radical (unpaired) electrons. The van der Waals surface area contributed by atoms with Gasteiger partial charge in [-0.25, -0.2) is 0 Å². The van der Waals surface area contributed by atoms with E-state index in [-0.39, 0.29) is 31.1 Å². The van der Waals surface area contributed by atoms with Crippen molar-refractivity contribution in [2.75, 3.05) is 13.2 Å². The van der Waals surface area contributed by atoms with E-state index in [4.69, 9.17) is 14.2 Å². The van der Waals surface area contributed by atoms with Crippen molar-refractivity contribution in [1.29, 1.82) is 0 Å². The maximum absolute atomic E-state index is 12.9. The van der Waals surface area contributed by atoms with Gasteiger partial charge < -0.3 is 14.2 Å². The minimum atomic E-state index is -0.766. The highest BCUT2D eigenvalue weighted by Gasteiger charge is 2.19. The van der Waals surface area contributed by atoms with Gasteiger partial charge in [0.1, 0.15) is 13.2 Å². The summed E-state index contributed by atoms with van der Waals surface area (Å²) < 4.78 is 16.9. The van der Waals surface area contributed by atoms with E-state index in [2.05, 4.69) is 45.1 Å². The summed E-state index contributed by atoms with van der Waals surface area (Å²) in [5.41, 5.74) is 0. The Balaban J connectivity index is 4.14.